The molecule has 0 saturated carbocycles. The first-order chi connectivity index (χ1) is 9.44. The Bertz CT molecular complexity index is 544. The number of nitrogens with one attached hydrogen (secondary N) is 2. The first kappa shape index (κ1) is 16.3. The van der Waals surface area contributed by atoms with Crippen molar-refractivity contribution in [3.8, 4) is 0 Å². The smallest absolute Gasteiger partial charge is 0.282 e. The minimum atomic E-state index is -2.76. The van der Waals surface area contributed by atoms with Gasteiger partial charge in [0.15, 0.2) is 0 Å². The number of anilines is 1. The van der Waals surface area contributed by atoms with Gasteiger partial charge in [0, 0.05) is 18.8 Å². The average Bonchev–Trinajstić information content (AvgIpc) is 2.30. The Morgan fingerprint density at radius 1 is 1.38 bits per heavy atom. The highest BCUT2D eigenvalue weighted by molar-refractivity contribution is 6.34. The van der Waals surface area contributed by atoms with Crippen LogP contribution in [0.4, 0.5) is 14.5 Å². The summed E-state index contributed by atoms with van der Waals surface area (Å²) in [6.45, 7) is 0.716. The van der Waals surface area contributed by atoms with Gasteiger partial charge in [-0.3, -0.25) is 4.79 Å². The Hall–Kier alpha value is -1.11. The van der Waals surface area contributed by atoms with Crippen LogP contribution in [0.2, 0.25) is 5.02 Å². The molecule has 0 bridgehead atoms. The van der Waals surface area contributed by atoms with Gasteiger partial charge in [0.1, 0.15) is 0 Å². The summed E-state index contributed by atoms with van der Waals surface area (Å²) >= 11 is 6.07. The summed E-state index contributed by atoms with van der Waals surface area (Å²) in [6, 6.07) is 5.34. The first-order valence-corrected chi connectivity index (χ1v) is 6.76. The van der Waals surface area contributed by atoms with E-state index in [0.717, 1.165) is 23.7 Å². The number of carbonyl (C=O) groups excluding carboxylic acids is 1. The Kier molecular flexibility index (Phi) is 4.60. The van der Waals surface area contributed by atoms with Crippen LogP contribution in [0.5, 0.6) is 0 Å². The Balaban J connectivity index is 0.00000161. The summed E-state index contributed by atoms with van der Waals surface area (Å²) in [4.78, 5) is 13.1. The number of rotatable bonds is 3. The molecule has 2 N–H and O–H groups in total. The van der Waals surface area contributed by atoms with Gasteiger partial charge in [-0.1, -0.05) is 11.6 Å². The van der Waals surface area contributed by atoms with Crippen LogP contribution in [0.1, 0.15) is 10.4 Å². The summed E-state index contributed by atoms with van der Waals surface area (Å²) in [6.07, 6.45) is 0. The fraction of sp³-hybridized carbons (Fsp3) is 0.462. The van der Waals surface area contributed by atoms with Gasteiger partial charge in [-0.15, -0.1) is 12.4 Å². The number of amides is 1. The van der Waals surface area contributed by atoms with Gasteiger partial charge in [0.2, 0.25) is 0 Å². The molecule has 2 aliphatic rings. The number of alkyl halides is 2. The maximum absolute atomic E-state index is 12.8. The van der Waals surface area contributed by atoms with Crippen LogP contribution in [0.15, 0.2) is 18.2 Å². The molecule has 2 saturated heterocycles. The Morgan fingerprint density at radius 2 is 2.05 bits per heavy atom. The lowest BCUT2D eigenvalue weighted by atomic mass is 10.1. The third kappa shape index (κ3) is 3.39. The number of carbonyl (C=O) groups is 1. The number of halogens is 4. The second kappa shape index (κ2) is 5.94. The van der Waals surface area contributed by atoms with Crippen molar-refractivity contribution in [3.05, 3.63) is 28.8 Å². The molecule has 3 rings (SSSR count). The molecule has 2 heterocycles. The molecule has 0 radical (unpaired) electrons. The fourth-order valence-corrected chi connectivity index (χ4v) is 2.49. The van der Waals surface area contributed by atoms with Crippen molar-refractivity contribution in [1.29, 1.82) is 0 Å². The van der Waals surface area contributed by atoms with Crippen LogP contribution < -0.4 is 10.6 Å². The summed E-state index contributed by atoms with van der Waals surface area (Å²) in [5.74, 6) is -3.21. The van der Waals surface area contributed by atoms with Crippen LogP contribution in [0.25, 0.3) is 0 Å². The third-order valence-corrected chi connectivity index (χ3v) is 3.80. The van der Waals surface area contributed by atoms with Crippen LogP contribution >= 0.6 is 24.0 Å². The lowest BCUT2D eigenvalue weighted by Gasteiger charge is -2.38. The quantitative estimate of drug-likeness (QED) is 0.889. The zero-order chi connectivity index (χ0) is 14.3. The summed E-state index contributed by atoms with van der Waals surface area (Å²) < 4.78 is 25.6. The van der Waals surface area contributed by atoms with Crippen molar-refractivity contribution in [2.75, 3.05) is 31.5 Å². The SMILES string of the molecule is Cl.O=C(c1ccc(NC2CNC2)cc1Cl)N1CC(F)(F)C1. The number of nitrogens with zero attached hydrogens (tertiary/aromatic N) is 1. The molecule has 1 aromatic rings. The summed E-state index contributed by atoms with van der Waals surface area (Å²) in [7, 11) is 0. The molecular formula is C13H15Cl2F2N3O. The lowest BCUT2D eigenvalue weighted by molar-refractivity contribution is -0.113. The van der Waals surface area contributed by atoms with Gasteiger partial charge in [-0.25, -0.2) is 8.78 Å². The molecule has 2 aliphatic heterocycles. The van der Waals surface area contributed by atoms with Gasteiger partial charge in [0.25, 0.3) is 11.8 Å². The molecule has 0 spiro atoms. The van der Waals surface area contributed by atoms with Crippen molar-refractivity contribution in [1.82, 2.24) is 10.2 Å². The molecule has 21 heavy (non-hydrogen) atoms. The molecule has 0 aliphatic carbocycles. The van der Waals surface area contributed by atoms with E-state index >= 15 is 0 Å². The monoisotopic (exact) mass is 337 g/mol. The van der Waals surface area contributed by atoms with E-state index in [-0.39, 0.29) is 23.0 Å². The van der Waals surface area contributed by atoms with Crippen molar-refractivity contribution in [2.45, 2.75) is 12.0 Å². The fourth-order valence-electron chi connectivity index (χ4n) is 2.23. The van der Waals surface area contributed by atoms with Crippen LogP contribution in [0, 0.1) is 0 Å². The maximum Gasteiger partial charge on any atom is 0.282 e. The van der Waals surface area contributed by atoms with E-state index in [1.807, 2.05) is 0 Å². The zero-order valence-electron chi connectivity index (χ0n) is 11.0. The molecule has 0 atom stereocenters. The van der Waals surface area contributed by atoms with E-state index in [1.54, 1.807) is 18.2 Å². The van der Waals surface area contributed by atoms with Crippen molar-refractivity contribution in [2.24, 2.45) is 0 Å². The van der Waals surface area contributed by atoms with E-state index in [0.29, 0.717) is 6.04 Å². The zero-order valence-corrected chi connectivity index (χ0v) is 12.6. The van der Waals surface area contributed by atoms with Crippen LogP contribution in [-0.2, 0) is 0 Å². The van der Waals surface area contributed by atoms with E-state index in [1.165, 1.54) is 0 Å². The van der Waals surface area contributed by atoms with E-state index < -0.39 is 24.9 Å². The predicted octanol–water partition coefficient (Wildman–Crippen LogP) is 2.24. The summed E-state index contributed by atoms with van der Waals surface area (Å²) in [5.41, 5.74) is 1.09. The highest BCUT2D eigenvalue weighted by Crippen LogP contribution is 2.30. The number of hydrogen-bond donors (Lipinski definition) is 2. The number of benzene rings is 1. The maximum atomic E-state index is 12.8. The van der Waals surface area contributed by atoms with Gasteiger partial charge in [-0.05, 0) is 18.2 Å². The van der Waals surface area contributed by atoms with E-state index in [4.69, 9.17) is 11.6 Å². The van der Waals surface area contributed by atoms with Gasteiger partial charge >= 0.3 is 0 Å². The molecule has 0 aromatic heterocycles. The van der Waals surface area contributed by atoms with Crippen LogP contribution in [0.3, 0.4) is 0 Å². The van der Waals surface area contributed by atoms with Crippen molar-refractivity contribution in [3.63, 3.8) is 0 Å². The normalized spacial score (nSPS) is 20.0. The van der Waals surface area contributed by atoms with Gasteiger partial charge in [0.05, 0.1) is 29.7 Å². The molecule has 116 valence electrons. The molecule has 2 fully saturated rings. The average molecular weight is 338 g/mol. The Labute approximate surface area is 132 Å². The lowest BCUT2D eigenvalue weighted by Crippen LogP contribution is -2.58. The topological polar surface area (TPSA) is 44.4 Å². The van der Waals surface area contributed by atoms with E-state index in [2.05, 4.69) is 10.6 Å². The number of likely N-dealkylation sites (tertiary alicyclic amines) is 1. The summed E-state index contributed by atoms with van der Waals surface area (Å²) in [5, 5.41) is 6.68. The standard InChI is InChI=1S/C13H14ClF2N3O.ClH/c14-11-3-8(18-9-4-17-5-9)1-2-10(11)12(20)19-6-13(15,16)7-19;/h1-3,9,17-18H,4-7H2;1H. The van der Waals surface area contributed by atoms with Gasteiger partial charge < -0.3 is 15.5 Å². The second-order valence-electron chi connectivity index (χ2n) is 5.21. The third-order valence-electron chi connectivity index (χ3n) is 3.48. The predicted molar refractivity (Wildman–Crippen MR) is 79.8 cm³/mol. The molecule has 0 unspecified atom stereocenters. The second-order valence-corrected chi connectivity index (χ2v) is 5.62. The molecule has 4 nitrogen and oxygen atoms in total. The van der Waals surface area contributed by atoms with E-state index in [9.17, 15) is 13.6 Å². The minimum Gasteiger partial charge on any atom is -0.380 e. The number of hydrogen-bond acceptors (Lipinski definition) is 3. The minimum absolute atomic E-state index is 0. The Morgan fingerprint density at radius 3 is 2.52 bits per heavy atom. The largest absolute Gasteiger partial charge is 0.380 e. The molecular weight excluding hydrogens is 323 g/mol. The highest BCUT2D eigenvalue weighted by atomic mass is 35.5. The first-order valence-electron chi connectivity index (χ1n) is 6.38. The van der Waals surface area contributed by atoms with Crippen molar-refractivity contribution < 1.29 is 13.6 Å². The van der Waals surface area contributed by atoms with Gasteiger partial charge in [-0.2, -0.15) is 0 Å². The molecule has 1 aromatic carbocycles. The molecule has 8 heteroatoms. The van der Waals surface area contributed by atoms with Crippen molar-refractivity contribution >= 4 is 35.6 Å². The molecule has 1 amide bonds. The van der Waals surface area contributed by atoms with Crippen LogP contribution in [-0.4, -0.2) is 49.0 Å². The highest BCUT2D eigenvalue weighted by Gasteiger charge is 2.46.